The minimum absolute atomic E-state index is 0.237. The third-order valence-electron chi connectivity index (χ3n) is 2.84. The number of carbonyl (C=O) groups excluding carboxylic acids is 1. The molecular formula is C13H12N2O4. The van der Waals surface area contributed by atoms with Crippen LogP contribution in [-0.2, 0) is 6.54 Å². The molecule has 0 unspecified atom stereocenters. The van der Waals surface area contributed by atoms with Crippen LogP contribution in [-0.4, -0.2) is 17.9 Å². The van der Waals surface area contributed by atoms with Crippen molar-refractivity contribution in [1.82, 2.24) is 10.5 Å². The van der Waals surface area contributed by atoms with E-state index in [-0.39, 0.29) is 18.5 Å². The van der Waals surface area contributed by atoms with Gasteiger partial charge in [-0.3, -0.25) is 4.79 Å². The quantitative estimate of drug-likeness (QED) is 0.908. The highest BCUT2D eigenvalue weighted by Gasteiger charge is 2.15. The molecule has 6 nitrogen and oxygen atoms in total. The van der Waals surface area contributed by atoms with Gasteiger partial charge in [-0.1, -0.05) is 11.2 Å². The van der Waals surface area contributed by atoms with E-state index in [1.807, 2.05) is 18.2 Å². The number of aryl methyl sites for hydroxylation is 1. The van der Waals surface area contributed by atoms with Crippen LogP contribution in [0.1, 0.15) is 21.7 Å². The Kier molecular flexibility index (Phi) is 2.83. The van der Waals surface area contributed by atoms with E-state index in [9.17, 15) is 4.79 Å². The summed E-state index contributed by atoms with van der Waals surface area (Å²) in [5.41, 5.74) is 1.64. The van der Waals surface area contributed by atoms with Crippen LogP contribution in [0.3, 0.4) is 0 Å². The molecule has 3 rings (SSSR count). The van der Waals surface area contributed by atoms with Gasteiger partial charge >= 0.3 is 0 Å². The summed E-state index contributed by atoms with van der Waals surface area (Å²) in [6.45, 7) is 2.39. The largest absolute Gasteiger partial charge is 0.454 e. The summed E-state index contributed by atoms with van der Waals surface area (Å²) in [4.78, 5) is 11.8. The molecule has 1 aliphatic heterocycles. The summed E-state index contributed by atoms with van der Waals surface area (Å²) >= 11 is 0. The van der Waals surface area contributed by atoms with Crippen molar-refractivity contribution in [2.24, 2.45) is 0 Å². The van der Waals surface area contributed by atoms with E-state index in [0.717, 1.165) is 11.3 Å². The molecule has 0 atom stereocenters. The average Bonchev–Trinajstić information content (AvgIpc) is 3.03. The summed E-state index contributed by atoms with van der Waals surface area (Å²) in [7, 11) is 0. The lowest BCUT2D eigenvalue weighted by atomic mass is 10.2. The fraction of sp³-hybridized carbons (Fsp3) is 0.231. The van der Waals surface area contributed by atoms with Crippen molar-refractivity contribution >= 4 is 5.91 Å². The minimum Gasteiger partial charge on any atom is -0.454 e. The van der Waals surface area contributed by atoms with Gasteiger partial charge in [-0.2, -0.15) is 0 Å². The topological polar surface area (TPSA) is 73.6 Å². The fourth-order valence-corrected chi connectivity index (χ4v) is 1.82. The van der Waals surface area contributed by atoms with Crippen LogP contribution in [0.2, 0.25) is 0 Å². The second-order valence-corrected chi connectivity index (χ2v) is 4.21. The summed E-state index contributed by atoms with van der Waals surface area (Å²) in [6, 6.07) is 5.54. The molecule has 1 N–H and O–H groups in total. The Labute approximate surface area is 109 Å². The van der Waals surface area contributed by atoms with Crippen LogP contribution in [0.4, 0.5) is 0 Å². The first-order valence-electron chi connectivity index (χ1n) is 5.82. The molecular weight excluding hydrogens is 248 g/mol. The molecule has 0 bridgehead atoms. The zero-order valence-electron chi connectivity index (χ0n) is 10.3. The van der Waals surface area contributed by atoms with Gasteiger partial charge in [0, 0.05) is 12.1 Å². The monoisotopic (exact) mass is 260 g/mol. The van der Waals surface area contributed by atoms with Gasteiger partial charge in [0.1, 0.15) is 0 Å². The Bertz CT molecular complexity index is 621. The SMILES string of the molecule is Cc1cnoc1C(=O)NCc1ccc2c(c1)OCO2. The average molecular weight is 260 g/mol. The van der Waals surface area contributed by atoms with E-state index in [1.54, 1.807) is 6.92 Å². The number of hydrogen-bond donors (Lipinski definition) is 1. The molecule has 0 saturated carbocycles. The van der Waals surface area contributed by atoms with Crippen LogP contribution in [0, 0.1) is 6.92 Å². The maximum absolute atomic E-state index is 11.8. The fourth-order valence-electron chi connectivity index (χ4n) is 1.82. The van der Waals surface area contributed by atoms with Crippen molar-refractivity contribution in [3.05, 3.63) is 41.3 Å². The summed E-state index contributed by atoms with van der Waals surface area (Å²) in [6.07, 6.45) is 1.51. The van der Waals surface area contributed by atoms with Crippen molar-refractivity contribution in [2.75, 3.05) is 6.79 Å². The molecule has 1 amide bonds. The van der Waals surface area contributed by atoms with Gasteiger partial charge in [0.25, 0.3) is 5.91 Å². The lowest BCUT2D eigenvalue weighted by Gasteiger charge is -2.04. The smallest absolute Gasteiger partial charge is 0.290 e. The van der Waals surface area contributed by atoms with E-state index in [0.29, 0.717) is 17.9 Å². The molecule has 0 saturated heterocycles. The normalized spacial score (nSPS) is 12.5. The number of carbonyl (C=O) groups is 1. The van der Waals surface area contributed by atoms with E-state index in [2.05, 4.69) is 10.5 Å². The van der Waals surface area contributed by atoms with Crippen molar-refractivity contribution in [1.29, 1.82) is 0 Å². The molecule has 19 heavy (non-hydrogen) atoms. The predicted molar refractivity (Wildman–Crippen MR) is 65.0 cm³/mol. The zero-order valence-corrected chi connectivity index (χ0v) is 10.3. The Hall–Kier alpha value is -2.50. The second-order valence-electron chi connectivity index (χ2n) is 4.21. The number of nitrogens with one attached hydrogen (secondary N) is 1. The van der Waals surface area contributed by atoms with Crippen molar-refractivity contribution in [2.45, 2.75) is 13.5 Å². The lowest BCUT2D eigenvalue weighted by molar-refractivity contribution is 0.0913. The second kappa shape index (κ2) is 4.64. The summed E-state index contributed by atoms with van der Waals surface area (Å²) in [5.74, 6) is 1.37. The van der Waals surface area contributed by atoms with Crippen molar-refractivity contribution in [3.63, 3.8) is 0 Å². The standard InChI is InChI=1S/C13H12N2O4/c1-8-5-15-19-12(8)13(16)14-6-9-2-3-10-11(4-9)18-7-17-10/h2-5H,6-7H2,1H3,(H,14,16). The van der Waals surface area contributed by atoms with Crippen LogP contribution in [0.25, 0.3) is 0 Å². The molecule has 2 heterocycles. The minimum atomic E-state index is -0.285. The summed E-state index contributed by atoms with van der Waals surface area (Å²) < 4.78 is 15.4. The molecule has 0 spiro atoms. The molecule has 0 fully saturated rings. The Morgan fingerprint density at radius 2 is 2.21 bits per heavy atom. The van der Waals surface area contributed by atoms with Crippen LogP contribution in [0.5, 0.6) is 11.5 Å². The molecule has 98 valence electrons. The molecule has 0 aliphatic carbocycles. The van der Waals surface area contributed by atoms with Crippen molar-refractivity contribution < 1.29 is 18.8 Å². The van der Waals surface area contributed by atoms with E-state index in [4.69, 9.17) is 14.0 Å². The Morgan fingerprint density at radius 1 is 1.37 bits per heavy atom. The van der Waals surface area contributed by atoms with Gasteiger partial charge < -0.3 is 19.3 Å². The molecule has 1 aromatic carbocycles. The molecule has 1 aromatic heterocycles. The van der Waals surface area contributed by atoms with Gasteiger partial charge in [-0.05, 0) is 24.6 Å². The number of rotatable bonds is 3. The van der Waals surface area contributed by atoms with Gasteiger partial charge in [0.05, 0.1) is 6.20 Å². The van der Waals surface area contributed by atoms with E-state index >= 15 is 0 Å². The van der Waals surface area contributed by atoms with Crippen LogP contribution < -0.4 is 14.8 Å². The maximum Gasteiger partial charge on any atom is 0.290 e. The number of hydrogen-bond acceptors (Lipinski definition) is 5. The van der Waals surface area contributed by atoms with Gasteiger partial charge in [0.2, 0.25) is 12.6 Å². The van der Waals surface area contributed by atoms with E-state index in [1.165, 1.54) is 6.20 Å². The number of ether oxygens (including phenoxy) is 2. The number of aromatic nitrogens is 1. The highest BCUT2D eigenvalue weighted by atomic mass is 16.7. The number of fused-ring (bicyclic) bond motifs is 1. The number of nitrogens with zero attached hydrogens (tertiary/aromatic N) is 1. The summed E-state index contributed by atoms with van der Waals surface area (Å²) in [5, 5.41) is 6.34. The lowest BCUT2D eigenvalue weighted by Crippen LogP contribution is -2.22. The van der Waals surface area contributed by atoms with Crippen LogP contribution >= 0.6 is 0 Å². The molecule has 0 radical (unpaired) electrons. The Balaban J connectivity index is 1.66. The molecule has 6 heteroatoms. The number of amides is 1. The van der Waals surface area contributed by atoms with Gasteiger partial charge in [-0.15, -0.1) is 0 Å². The highest BCUT2D eigenvalue weighted by Crippen LogP contribution is 2.32. The third-order valence-corrected chi connectivity index (χ3v) is 2.84. The number of benzene rings is 1. The third kappa shape index (κ3) is 2.24. The van der Waals surface area contributed by atoms with Gasteiger partial charge in [0.15, 0.2) is 11.5 Å². The molecule has 1 aliphatic rings. The zero-order chi connectivity index (χ0) is 13.2. The van der Waals surface area contributed by atoms with E-state index < -0.39 is 0 Å². The maximum atomic E-state index is 11.8. The first kappa shape index (κ1) is 11.6. The van der Waals surface area contributed by atoms with Crippen molar-refractivity contribution in [3.8, 4) is 11.5 Å². The Morgan fingerprint density at radius 3 is 3.00 bits per heavy atom. The highest BCUT2D eigenvalue weighted by molar-refractivity contribution is 5.92. The van der Waals surface area contributed by atoms with Crippen LogP contribution in [0.15, 0.2) is 28.9 Å². The first-order chi connectivity index (χ1) is 9.24. The molecule has 2 aromatic rings. The predicted octanol–water partition coefficient (Wildman–Crippen LogP) is 1.64. The van der Waals surface area contributed by atoms with Gasteiger partial charge in [-0.25, -0.2) is 0 Å². The first-order valence-corrected chi connectivity index (χ1v) is 5.82.